The smallest absolute Gasteiger partial charge is 0.264 e. The highest BCUT2D eigenvalue weighted by Crippen LogP contribution is 2.28. The predicted octanol–water partition coefficient (Wildman–Crippen LogP) is 5.83. The molecule has 0 fully saturated rings. The van der Waals surface area contributed by atoms with Gasteiger partial charge in [0.05, 0.1) is 20.6 Å². The number of nitrogens with zero attached hydrogens (tertiary/aromatic N) is 2. The Bertz CT molecular complexity index is 1470. The summed E-state index contributed by atoms with van der Waals surface area (Å²) in [5, 5.41) is 3.39. The lowest BCUT2D eigenvalue weighted by Crippen LogP contribution is -2.51. The number of rotatable bonds is 11. The van der Waals surface area contributed by atoms with Crippen molar-refractivity contribution < 1.29 is 22.4 Å². The fraction of sp³-hybridized carbons (Fsp3) is 0.310. The van der Waals surface area contributed by atoms with Gasteiger partial charge in [-0.2, -0.15) is 0 Å². The van der Waals surface area contributed by atoms with E-state index in [-0.39, 0.29) is 28.1 Å². The predicted molar refractivity (Wildman–Crippen MR) is 156 cm³/mol. The highest BCUT2D eigenvalue weighted by atomic mass is 35.5. The van der Waals surface area contributed by atoms with Crippen LogP contribution in [0, 0.1) is 18.7 Å². The summed E-state index contributed by atoms with van der Waals surface area (Å²) in [4.78, 5) is 28.0. The second-order valence-electron chi connectivity index (χ2n) is 9.86. The van der Waals surface area contributed by atoms with Crippen molar-refractivity contribution in [3.05, 3.63) is 93.7 Å². The number of para-hydroxylation sites is 1. The van der Waals surface area contributed by atoms with Crippen LogP contribution in [-0.4, -0.2) is 44.3 Å². The van der Waals surface area contributed by atoms with E-state index in [1.165, 1.54) is 35.2 Å². The van der Waals surface area contributed by atoms with Crippen molar-refractivity contribution in [1.82, 2.24) is 10.2 Å². The molecule has 40 heavy (non-hydrogen) atoms. The van der Waals surface area contributed by atoms with Crippen molar-refractivity contribution in [3.63, 3.8) is 0 Å². The first-order valence-electron chi connectivity index (χ1n) is 12.7. The van der Waals surface area contributed by atoms with E-state index < -0.39 is 40.2 Å². The molecule has 214 valence electrons. The van der Waals surface area contributed by atoms with Gasteiger partial charge in [0.25, 0.3) is 10.0 Å². The van der Waals surface area contributed by atoms with E-state index in [1.54, 1.807) is 44.2 Å². The Morgan fingerprint density at radius 2 is 1.60 bits per heavy atom. The molecule has 0 saturated carbocycles. The molecule has 0 saturated heterocycles. The number of hydrogen-bond donors (Lipinski definition) is 1. The first-order valence-corrected chi connectivity index (χ1v) is 14.9. The zero-order valence-corrected chi connectivity index (χ0v) is 25.0. The van der Waals surface area contributed by atoms with Crippen molar-refractivity contribution in [3.8, 4) is 0 Å². The summed E-state index contributed by atoms with van der Waals surface area (Å²) >= 11 is 12.2. The first-order chi connectivity index (χ1) is 18.8. The minimum absolute atomic E-state index is 0.0678. The van der Waals surface area contributed by atoms with E-state index >= 15 is 0 Å². The average Bonchev–Trinajstić information content (AvgIpc) is 2.91. The monoisotopic (exact) mass is 607 g/mol. The van der Waals surface area contributed by atoms with E-state index in [9.17, 15) is 22.4 Å². The first kappa shape index (κ1) is 31.4. The number of aryl methyl sites for hydroxylation is 1. The number of carbonyl (C=O) groups excluding carboxylic acids is 2. The van der Waals surface area contributed by atoms with Crippen LogP contribution in [0.4, 0.5) is 10.1 Å². The van der Waals surface area contributed by atoms with Gasteiger partial charge in [-0.15, -0.1) is 0 Å². The topological polar surface area (TPSA) is 86.8 Å². The number of halogens is 3. The maximum Gasteiger partial charge on any atom is 0.264 e. The Balaban J connectivity index is 2.04. The molecule has 0 aliphatic heterocycles. The molecular weight excluding hydrogens is 576 g/mol. The highest BCUT2D eigenvalue weighted by Gasteiger charge is 2.33. The fourth-order valence-electron chi connectivity index (χ4n) is 3.87. The molecule has 3 aromatic carbocycles. The summed E-state index contributed by atoms with van der Waals surface area (Å²) in [6.07, 6.45) is 0. The number of benzene rings is 3. The largest absolute Gasteiger partial charge is 0.354 e. The molecule has 0 aromatic heterocycles. The molecule has 0 bridgehead atoms. The van der Waals surface area contributed by atoms with Crippen LogP contribution in [0.2, 0.25) is 10.0 Å². The molecular formula is C29H32Cl2FN3O4S. The Morgan fingerprint density at radius 1 is 0.950 bits per heavy atom. The van der Waals surface area contributed by atoms with Crippen LogP contribution in [0.1, 0.15) is 31.9 Å². The third-order valence-corrected chi connectivity index (χ3v) is 8.71. The van der Waals surface area contributed by atoms with Crippen LogP contribution in [0.5, 0.6) is 0 Å². The molecule has 11 heteroatoms. The summed E-state index contributed by atoms with van der Waals surface area (Å²) in [5.74, 6) is -1.77. The molecule has 0 spiro atoms. The Labute approximate surface area is 244 Å². The highest BCUT2D eigenvalue weighted by molar-refractivity contribution is 7.92. The van der Waals surface area contributed by atoms with Crippen molar-refractivity contribution in [2.75, 3.05) is 17.4 Å². The van der Waals surface area contributed by atoms with Gasteiger partial charge in [0.2, 0.25) is 11.8 Å². The van der Waals surface area contributed by atoms with Gasteiger partial charge in [-0.3, -0.25) is 13.9 Å². The Hall–Kier alpha value is -3.14. The SMILES string of the molecule is Cc1ccc(S(=O)(=O)N(CC(=O)N(Cc2ccc(Cl)c(Cl)c2)[C@H](C)C(=O)NCC(C)C)c2ccccc2F)cc1. The zero-order chi connectivity index (χ0) is 29.6. The third kappa shape index (κ3) is 7.74. The lowest BCUT2D eigenvalue weighted by Gasteiger charge is -2.32. The summed E-state index contributed by atoms with van der Waals surface area (Å²) in [6.45, 7) is 6.80. The summed E-state index contributed by atoms with van der Waals surface area (Å²) in [6, 6.07) is 15.2. The Morgan fingerprint density at radius 3 is 2.20 bits per heavy atom. The van der Waals surface area contributed by atoms with Gasteiger partial charge in [0.15, 0.2) is 0 Å². The number of anilines is 1. The van der Waals surface area contributed by atoms with Gasteiger partial charge in [0.1, 0.15) is 18.4 Å². The standard InChI is InChI=1S/C29H32Cl2FN3O4S/c1-19(2)16-33-29(37)21(4)34(17-22-11-14-24(30)25(31)15-22)28(36)18-35(27-8-6-5-7-26(27)32)40(38,39)23-12-9-20(3)10-13-23/h5-15,19,21H,16-18H2,1-4H3,(H,33,37)/t21-/m1/s1. The number of amides is 2. The average molecular weight is 609 g/mol. The van der Waals surface area contributed by atoms with Crippen LogP contribution in [0.25, 0.3) is 0 Å². The molecule has 3 aromatic rings. The minimum atomic E-state index is -4.37. The second-order valence-corrected chi connectivity index (χ2v) is 12.5. The van der Waals surface area contributed by atoms with Crippen molar-refractivity contribution >= 4 is 50.7 Å². The number of carbonyl (C=O) groups is 2. The third-order valence-electron chi connectivity index (χ3n) is 6.20. The molecule has 2 amide bonds. The quantitative estimate of drug-likeness (QED) is 0.297. The Kier molecular flexibility index (Phi) is 10.6. The summed E-state index contributed by atoms with van der Waals surface area (Å²) in [5.41, 5.74) is 1.12. The van der Waals surface area contributed by atoms with E-state index in [1.807, 2.05) is 13.8 Å². The molecule has 1 N–H and O–H groups in total. The lowest BCUT2D eigenvalue weighted by molar-refractivity contribution is -0.139. The molecule has 0 heterocycles. The van der Waals surface area contributed by atoms with E-state index in [0.29, 0.717) is 17.1 Å². The fourth-order valence-corrected chi connectivity index (χ4v) is 5.62. The maximum atomic E-state index is 15.0. The van der Waals surface area contributed by atoms with E-state index in [2.05, 4.69) is 5.32 Å². The van der Waals surface area contributed by atoms with Crippen molar-refractivity contribution in [2.45, 2.75) is 45.2 Å². The number of sulfonamides is 1. The molecule has 0 aliphatic carbocycles. The molecule has 1 atom stereocenters. The van der Waals surface area contributed by atoms with Crippen LogP contribution >= 0.6 is 23.2 Å². The maximum absolute atomic E-state index is 15.0. The van der Waals surface area contributed by atoms with Gasteiger partial charge in [-0.25, -0.2) is 12.8 Å². The van der Waals surface area contributed by atoms with Gasteiger partial charge < -0.3 is 10.2 Å². The van der Waals surface area contributed by atoms with Crippen LogP contribution in [0.15, 0.2) is 71.6 Å². The normalized spacial score (nSPS) is 12.2. The van der Waals surface area contributed by atoms with E-state index in [0.717, 1.165) is 15.9 Å². The van der Waals surface area contributed by atoms with Crippen LogP contribution < -0.4 is 9.62 Å². The van der Waals surface area contributed by atoms with Crippen LogP contribution in [-0.2, 0) is 26.2 Å². The zero-order valence-electron chi connectivity index (χ0n) is 22.7. The number of nitrogens with one attached hydrogen (secondary N) is 1. The second kappa shape index (κ2) is 13.5. The lowest BCUT2D eigenvalue weighted by atomic mass is 10.1. The van der Waals surface area contributed by atoms with Crippen molar-refractivity contribution in [1.29, 1.82) is 0 Å². The summed E-state index contributed by atoms with van der Waals surface area (Å²) < 4.78 is 43.2. The summed E-state index contributed by atoms with van der Waals surface area (Å²) in [7, 11) is -4.37. The van der Waals surface area contributed by atoms with Gasteiger partial charge in [0, 0.05) is 13.1 Å². The molecule has 0 radical (unpaired) electrons. The molecule has 0 aliphatic rings. The number of hydrogen-bond acceptors (Lipinski definition) is 4. The van der Waals surface area contributed by atoms with E-state index in [4.69, 9.17) is 23.2 Å². The van der Waals surface area contributed by atoms with Gasteiger partial charge >= 0.3 is 0 Å². The van der Waals surface area contributed by atoms with Gasteiger partial charge in [-0.05, 0) is 61.7 Å². The minimum Gasteiger partial charge on any atom is -0.354 e. The molecule has 7 nitrogen and oxygen atoms in total. The van der Waals surface area contributed by atoms with Gasteiger partial charge in [-0.1, -0.05) is 72.9 Å². The van der Waals surface area contributed by atoms with Crippen LogP contribution in [0.3, 0.4) is 0 Å². The molecule has 3 rings (SSSR count). The van der Waals surface area contributed by atoms with Crippen molar-refractivity contribution in [2.24, 2.45) is 5.92 Å². The molecule has 0 unspecified atom stereocenters.